The van der Waals surface area contributed by atoms with Gasteiger partial charge in [-0.05, 0) is 48.1 Å². The normalized spacial score (nSPS) is 19.3. The van der Waals surface area contributed by atoms with Gasteiger partial charge in [0.05, 0.1) is 5.56 Å². The van der Waals surface area contributed by atoms with Gasteiger partial charge in [0.15, 0.2) is 0 Å². The molecule has 0 radical (unpaired) electrons. The van der Waals surface area contributed by atoms with Crippen molar-refractivity contribution < 1.29 is 14.4 Å². The van der Waals surface area contributed by atoms with Crippen LogP contribution in [-0.2, 0) is 9.59 Å². The second kappa shape index (κ2) is 5.28. The molecule has 0 spiro atoms. The van der Waals surface area contributed by atoms with Crippen LogP contribution in [-0.4, -0.2) is 35.2 Å². The van der Waals surface area contributed by atoms with Crippen LogP contribution < -0.4 is 5.32 Å². The summed E-state index contributed by atoms with van der Waals surface area (Å²) < 4.78 is 0.843. The van der Waals surface area contributed by atoms with E-state index < -0.39 is 17.9 Å². The summed E-state index contributed by atoms with van der Waals surface area (Å²) in [5.41, 5.74) is 1.52. The molecule has 1 fully saturated rings. The zero-order chi connectivity index (χ0) is 14.2. The van der Waals surface area contributed by atoms with Gasteiger partial charge in [-0.25, -0.2) is 0 Å². The van der Waals surface area contributed by atoms with Gasteiger partial charge >= 0.3 is 0 Å². The first-order valence-corrected chi connectivity index (χ1v) is 6.89. The van der Waals surface area contributed by atoms with Crippen LogP contribution in [0.1, 0.15) is 22.8 Å². The summed E-state index contributed by atoms with van der Waals surface area (Å²) >= 11 is 2.10. The van der Waals surface area contributed by atoms with E-state index in [1.807, 2.05) is 13.0 Å². The van der Waals surface area contributed by atoms with Crippen molar-refractivity contribution in [3.63, 3.8) is 0 Å². The zero-order valence-electron chi connectivity index (χ0n) is 10.6. The highest BCUT2D eigenvalue weighted by atomic mass is 127. The van der Waals surface area contributed by atoms with Crippen LogP contribution in [0.2, 0.25) is 0 Å². The number of carbonyl (C=O) groups excluding carboxylic acids is 3. The van der Waals surface area contributed by atoms with Gasteiger partial charge in [-0.15, -0.1) is 0 Å². The number of hydrogen-bond donors (Lipinski definition) is 1. The maximum Gasteiger partial charge on any atom is 0.256 e. The number of carbonyl (C=O) groups is 3. The van der Waals surface area contributed by atoms with E-state index in [1.54, 1.807) is 19.1 Å². The number of amides is 3. The molecule has 5 nitrogen and oxygen atoms in total. The largest absolute Gasteiger partial charge is 0.318 e. The maximum atomic E-state index is 12.5. The van der Waals surface area contributed by atoms with Gasteiger partial charge in [0.1, 0.15) is 12.6 Å². The summed E-state index contributed by atoms with van der Waals surface area (Å²) in [6.45, 7) is 3.44. The monoisotopic (exact) mass is 372 g/mol. The van der Waals surface area contributed by atoms with Crippen LogP contribution in [0, 0.1) is 10.5 Å². The van der Waals surface area contributed by atoms with Crippen molar-refractivity contribution in [2.24, 2.45) is 0 Å². The Morgan fingerprint density at radius 1 is 1.42 bits per heavy atom. The van der Waals surface area contributed by atoms with Gasteiger partial charge in [-0.3, -0.25) is 19.7 Å². The molecular weight excluding hydrogens is 359 g/mol. The number of aryl methyl sites for hydroxylation is 1. The molecule has 2 rings (SSSR count). The average molecular weight is 372 g/mol. The highest BCUT2D eigenvalue weighted by molar-refractivity contribution is 14.1. The Morgan fingerprint density at radius 3 is 2.79 bits per heavy atom. The zero-order valence-corrected chi connectivity index (χ0v) is 12.7. The number of nitrogens with one attached hydrogen (secondary N) is 1. The highest BCUT2D eigenvalue weighted by Crippen LogP contribution is 2.20. The predicted octanol–water partition coefficient (Wildman–Crippen LogP) is 1.09. The van der Waals surface area contributed by atoms with E-state index in [4.69, 9.17) is 0 Å². The lowest BCUT2D eigenvalue weighted by atomic mass is 10.1. The molecule has 0 saturated carbocycles. The number of hydrogen-bond acceptors (Lipinski definition) is 3. The summed E-state index contributed by atoms with van der Waals surface area (Å²) in [6, 6.07) is 4.78. The van der Waals surface area contributed by atoms with E-state index in [0.29, 0.717) is 5.56 Å². The van der Waals surface area contributed by atoms with E-state index in [-0.39, 0.29) is 12.5 Å². The lowest BCUT2D eigenvalue weighted by molar-refractivity contribution is -0.138. The molecule has 1 heterocycles. The minimum atomic E-state index is -0.637. The molecule has 1 aliphatic heterocycles. The van der Waals surface area contributed by atoms with Crippen molar-refractivity contribution in [3.8, 4) is 0 Å². The van der Waals surface area contributed by atoms with E-state index in [1.165, 1.54) is 4.90 Å². The van der Waals surface area contributed by atoms with Crippen LogP contribution >= 0.6 is 22.6 Å². The number of piperazine rings is 1. The van der Waals surface area contributed by atoms with E-state index in [2.05, 4.69) is 27.9 Å². The summed E-state index contributed by atoms with van der Waals surface area (Å²) in [5.74, 6) is -1.17. The van der Waals surface area contributed by atoms with Gasteiger partial charge in [0.25, 0.3) is 5.91 Å². The third-order valence-electron chi connectivity index (χ3n) is 3.11. The fourth-order valence-corrected chi connectivity index (χ4v) is 2.52. The Kier molecular flexibility index (Phi) is 3.88. The Hall–Kier alpha value is -1.44. The van der Waals surface area contributed by atoms with Crippen molar-refractivity contribution in [1.82, 2.24) is 10.2 Å². The Bertz CT molecular complexity index is 571. The van der Waals surface area contributed by atoms with Crippen molar-refractivity contribution in [2.45, 2.75) is 19.9 Å². The Balaban J connectivity index is 2.35. The molecule has 19 heavy (non-hydrogen) atoms. The predicted molar refractivity (Wildman–Crippen MR) is 77.5 cm³/mol. The number of benzene rings is 1. The van der Waals surface area contributed by atoms with Crippen LogP contribution in [0.25, 0.3) is 0 Å². The highest BCUT2D eigenvalue weighted by Gasteiger charge is 2.34. The molecule has 1 N–H and O–H groups in total. The summed E-state index contributed by atoms with van der Waals surface area (Å²) in [6.07, 6.45) is 0. The second-order valence-electron chi connectivity index (χ2n) is 4.46. The second-order valence-corrected chi connectivity index (χ2v) is 5.54. The summed E-state index contributed by atoms with van der Waals surface area (Å²) in [4.78, 5) is 36.7. The van der Waals surface area contributed by atoms with Crippen molar-refractivity contribution in [1.29, 1.82) is 0 Å². The average Bonchev–Trinajstić information content (AvgIpc) is 2.36. The lowest BCUT2D eigenvalue weighted by Gasteiger charge is -2.32. The fourth-order valence-electron chi connectivity index (χ4n) is 1.93. The molecule has 0 bridgehead atoms. The Morgan fingerprint density at radius 2 is 2.11 bits per heavy atom. The number of nitrogens with zero attached hydrogens (tertiary/aromatic N) is 1. The molecule has 0 aromatic heterocycles. The minimum absolute atomic E-state index is 0.0875. The van der Waals surface area contributed by atoms with Crippen LogP contribution in [0.15, 0.2) is 18.2 Å². The molecule has 1 aromatic carbocycles. The molecule has 1 aliphatic rings. The third kappa shape index (κ3) is 2.63. The summed E-state index contributed by atoms with van der Waals surface area (Å²) in [7, 11) is 0. The van der Waals surface area contributed by atoms with Crippen LogP contribution in [0.5, 0.6) is 0 Å². The minimum Gasteiger partial charge on any atom is -0.318 e. The Labute approximate surface area is 124 Å². The molecule has 1 atom stereocenters. The number of rotatable bonds is 1. The number of halogens is 1. The quantitative estimate of drug-likeness (QED) is 0.593. The first-order valence-electron chi connectivity index (χ1n) is 5.81. The fraction of sp³-hybridized carbons (Fsp3) is 0.308. The van der Waals surface area contributed by atoms with Gasteiger partial charge in [-0.1, -0.05) is 12.1 Å². The van der Waals surface area contributed by atoms with Gasteiger partial charge < -0.3 is 4.90 Å². The molecular formula is C13H13IN2O3. The van der Waals surface area contributed by atoms with Crippen LogP contribution in [0.4, 0.5) is 0 Å². The lowest BCUT2D eigenvalue weighted by Crippen LogP contribution is -2.58. The maximum absolute atomic E-state index is 12.5. The van der Waals surface area contributed by atoms with Crippen LogP contribution in [0.3, 0.4) is 0 Å². The van der Waals surface area contributed by atoms with Gasteiger partial charge in [0, 0.05) is 3.57 Å². The number of imide groups is 1. The molecule has 1 unspecified atom stereocenters. The molecule has 3 amide bonds. The summed E-state index contributed by atoms with van der Waals surface area (Å²) in [5, 5.41) is 2.22. The van der Waals surface area contributed by atoms with E-state index >= 15 is 0 Å². The SMILES string of the molecule is Cc1cccc(C(=O)N2CC(=O)NC(=O)C2C)c1I. The molecule has 1 saturated heterocycles. The standard InChI is InChI=1S/C13H13IN2O3/c1-7-4-3-5-9(11(7)14)13(19)16-6-10(17)15-12(18)8(16)2/h3-5,8H,6H2,1-2H3,(H,15,17,18). The van der Waals surface area contributed by atoms with E-state index in [9.17, 15) is 14.4 Å². The molecule has 0 aliphatic carbocycles. The van der Waals surface area contributed by atoms with Crippen molar-refractivity contribution in [3.05, 3.63) is 32.9 Å². The van der Waals surface area contributed by atoms with Gasteiger partial charge in [-0.2, -0.15) is 0 Å². The first kappa shape index (κ1) is 14.0. The molecule has 1 aromatic rings. The smallest absolute Gasteiger partial charge is 0.256 e. The topological polar surface area (TPSA) is 66.5 Å². The van der Waals surface area contributed by atoms with E-state index in [0.717, 1.165) is 9.13 Å². The molecule has 100 valence electrons. The molecule has 6 heteroatoms. The first-order chi connectivity index (χ1) is 8.91. The van der Waals surface area contributed by atoms with Crippen molar-refractivity contribution in [2.75, 3.05) is 6.54 Å². The van der Waals surface area contributed by atoms with Crippen molar-refractivity contribution >= 4 is 40.3 Å². The van der Waals surface area contributed by atoms with Gasteiger partial charge in [0.2, 0.25) is 11.8 Å². The third-order valence-corrected chi connectivity index (χ3v) is 4.54.